The third kappa shape index (κ3) is 2.71. The van der Waals surface area contributed by atoms with Crippen molar-refractivity contribution in [2.24, 2.45) is 0 Å². The van der Waals surface area contributed by atoms with E-state index in [1.54, 1.807) is 10.6 Å². The first-order valence-corrected chi connectivity index (χ1v) is 9.27. The highest BCUT2D eigenvalue weighted by Gasteiger charge is 2.28. The van der Waals surface area contributed by atoms with Gasteiger partial charge in [-0.1, -0.05) is 6.07 Å². The van der Waals surface area contributed by atoms with Crippen molar-refractivity contribution in [1.29, 1.82) is 0 Å². The van der Waals surface area contributed by atoms with E-state index in [-0.39, 0.29) is 10.8 Å². The number of benzene rings is 1. The number of sulfonamides is 1. The summed E-state index contributed by atoms with van der Waals surface area (Å²) in [6.45, 7) is 0.670. The highest BCUT2D eigenvalue weighted by molar-refractivity contribution is 7.92. The van der Waals surface area contributed by atoms with Gasteiger partial charge >= 0.3 is 0 Å². The maximum absolute atomic E-state index is 14.2. The van der Waals surface area contributed by atoms with E-state index in [2.05, 4.69) is 14.9 Å². The zero-order chi connectivity index (χ0) is 16.0. The molecule has 0 saturated heterocycles. The first-order chi connectivity index (χ1) is 11.0. The molecular formula is C15H17FN4O2S. The van der Waals surface area contributed by atoms with E-state index in [4.69, 9.17) is 0 Å². The highest BCUT2D eigenvalue weighted by Crippen LogP contribution is 2.40. The molecule has 1 aromatic heterocycles. The molecule has 1 aliphatic carbocycles. The first kappa shape index (κ1) is 14.6. The summed E-state index contributed by atoms with van der Waals surface area (Å²) in [5.41, 5.74) is 0.862. The van der Waals surface area contributed by atoms with Crippen LogP contribution in [0.2, 0.25) is 0 Å². The Balaban J connectivity index is 1.64. The lowest BCUT2D eigenvalue weighted by molar-refractivity contribution is 0.526. The van der Waals surface area contributed by atoms with Crippen molar-refractivity contribution in [3.05, 3.63) is 35.4 Å². The van der Waals surface area contributed by atoms with Crippen LogP contribution in [0.3, 0.4) is 0 Å². The lowest BCUT2D eigenvalue weighted by Gasteiger charge is -2.15. The van der Waals surface area contributed by atoms with Gasteiger partial charge in [-0.25, -0.2) is 17.5 Å². The molecule has 1 aromatic carbocycles. The molecule has 1 saturated carbocycles. The van der Waals surface area contributed by atoms with Crippen LogP contribution in [0.5, 0.6) is 0 Å². The van der Waals surface area contributed by atoms with Gasteiger partial charge in [0.1, 0.15) is 16.5 Å². The summed E-state index contributed by atoms with van der Waals surface area (Å²) in [5, 5.41) is 7.89. The fourth-order valence-electron chi connectivity index (χ4n) is 2.96. The van der Waals surface area contributed by atoms with Crippen molar-refractivity contribution in [2.45, 2.75) is 49.5 Å². The predicted octanol–water partition coefficient (Wildman–Crippen LogP) is 2.43. The summed E-state index contributed by atoms with van der Waals surface area (Å²) in [6.07, 6.45) is 4.82. The molecule has 2 aliphatic rings. The molecule has 0 atom stereocenters. The second kappa shape index (κ2) is 5.30. The number of fused-ring (bicyclic) bond motifs is 1. The van der Waals surface area contributed by atoms with E-state index in [9.17, 15) is 12.8 Å². The molecule has 6 nitrogen and oxygen atoms in total. The SMILES string of the molecule is O=S(=O)(Nc1nnc2n1CCCC2)c1ccc(C2CC2)cc1F. The normalized spacial score (nSPS) is 17.8. The Morgan fingerprint density at radius 1 is 1.22 bits per heavy atom. The molecule has 0 spiro atoms. The monoisotopic (exact) mass is 336 g/mol. The minimum Gasteiger partial charge on any atom is -0.297 e. The van der Waals surface area contributed by atoms with Gasteiger partial charge in [-0.15, -0.1) is 10.2 Å². The van der Waals surface area contributed by atoms with Crippen LogP contribution in [0.25, 0.3) is 0 Å². The number of halogens is 1. The quantitative estimate of drug-likeness (QED) is 0.930. The Morgan fingerprint density at radius 2 is 2.04 bits per heavy atom. The van der Waals surface area contributed by atoms with Crippen molar-refractivity contribution >= 4 is 16.0 Å². The van der Waals surface area contributed by atoms with Crippen LogP contribution in [-0.2, 0) is 23.0 Å². The Kier molecular flexibility index (Phi) is 3.37. The molecule has 1 aliphatic heterocycles. The number of hydrogen-bond acceptors (Lipinski definition) is 4. The van der Waals surface area contributed by atoms with Crippen LogP contribution in [-0.4, -0.2) is 23.2 Å². The standard InChI is InChI=1S/C15H17FN4O2S/c16-12-9-11(10-4-5-10)6-7-13(12)23(21,22)19-15-18-17-14-3-1-2-8-20(14)15/h6-7,9-10H,1-5,8H2,(H,18,19). The van der Waals surface area contributed by atoms with Gasteiger partial charge in [0.05, 0.1) is 0 Å². The van der Waals surface area contributed by atoms with Crippen LogP contribution in [0.1, 0.15) is 43.0 Å². The van der Waals surface area contributed by atoms with Gasteiger partial charge in [0.25, 0.3) is 10.0 Å². The molecule has 4 rings (SSSR count). The summed E-state index contributed by atoms with van der Waals surface area (Å²) in [6, 6.07) is 4.35. The summed E-state index contributed by atoms with van der Waals surface area (Å²) < 4.78 is 43.3. The smallest absolute Gasteiger partial charge is 0.267 e. The van der Waals surface area contributed by atoms with Gasteiger partial charge in [0, 0.05) is 13.0 Å². The van der Waals surface area contributed by atoms with Crippen molar-refractivity contribution in [3.63, 3.8) is 0 Å². The molecule has 0 amide bonds. The number of nitrogens with zero attached hydrogens (tertiary/aromatic N) is 3. The van der Waals surface area contributed by atoms with Crippen LogP contribution >= 0.6 is 0 Å². The molecule has 0 bridgehead atoms. The molecule has 122 valence electrons. The molecule has 1 N–H and O–H groups in total. The first-order valence-electron chi connectivity index (χ1n) is 7.79. The van der Waals surface area contributed by atoms with E-state index >= 15 is 0 Å². The average molecular weight is 336 g/mol. The number of nitrogens with one attached hydrogen (secondary N) is 1. The second-order valence-electron chi connectivity index (χ2n) is 6.12. The van der Waals surface area contributed by atoms with E-state index in [0.29, 0.717) is 12.5 Å². The fraction of sp³-hybridized carbons (Fsp3) is 0.467. The Hall–Kier alpha value is -1.96. The Morgan fingerprint density at radius 3 is 2.78 bits per heavy atom. The van der Waals surface area contributed by atoms with Gasteiger partial charge < -0.3 is 0 Å². The van der Waals surface area contributed by atoms with Crippen molar-refractivity contribution < 1.29 is 12.8 Å². The minimum atomic E-state index is -4.02. The number of anilines is 1. The molecule has 1 fully saturated rings. The van der Waals surface area contributed by atoms with Gasteiger partial charge in [0.15, 0.2) is 0 Å². The number of hydrogen-bond donors (Lipinski definition) is 1. The van der Waals surface area contributed by atoms with Crippen LogP contribution in [0.15, 0.2) is 23.1 Å². The van der Waals surface area contributed by atoms with Gasteiger partial charge in [-0.05, 0) is 49.3 Å². The molecule has 0 radical (unpaired) electrons. The Labute approximate surface area is 133 Å². The van der Waals surface area contributed by atoms with E-state index < -0.39 is 15.8 Å². The third-order valence-corrected chi connectivity index (χ3v) is 5.74. The topological polar surface area (TPSA) is 76.9 Å². The van der Waals surface area contributed by atoms with E-state index in [1.165, 1.54) is 12.1 Å². The van der Waals surface area contributed by atoms with Crippen LogP contribution in [0.4, 0.5) is 10.3 Å². The summed E-state index contributed by atoms with van der Waals surface area (Å²) in [4.78, 5) is -0.352. The number of rotatable bonds is 4. The highest BCUT2D eigenvalue weighted by atomic mass is 32.2. The zero-order valence-electron chi connectivity index (χ0n) is 12.5. The maximum atomic E-state index is 14.2. The molecular weight excluding hydrogens is 319 g/mol. The molecule has 0 unspecified atom stereocenters. The lowest BCUT2D eigenvalue weighted by atomic mass is 10.1. The summed E-state index contributed by atoms with van der Waals surface area (Å²) >= 11 is 0. The van der Waals surface area contributed by atoms with Crippen molar-refractivity contribution in [1.82, 2.24) is 14.8 Å². The molecule has 23 heavy (non-hydrogen) atoms. The molecule has 2 aromatic rings. The van der Waals surface area contributed by atoms with Gasteiger partial charge in [0.2, 0.25) is 5.95 Å². The second-order valence-corrected chi connectivity index (χ2v) is 7.77. The number of aryl methyl sites for hydroxylation is 1. The average Bonchev–Trinajstić information content (AvgIpc) is 3.30. The van der Waals surface area contributed by atoms with Gasteiger partial charge in [-0.3, -0.25) is 4.57 Å². The maximum Gasteiger partial charge on any atom is 0.267 e. The molecule has 8 heteroatoms. The zero-order valence-corrected chi connectivity index (χ0v) is 13.3. The Bertz CT molecular complexity index is 858. The van der Waals surface area contributed by atoms with Crippen LogP contribution in [0, 0.1) is 5.82 Å². The lowest BCUT2D eigenvalue weighted by Crippen LogP contribution is -2.20. The van der Waals surface area contributed by atoms with Crippen LogP contribution < -0.4 is 4.72 Å². The van der Waals surface area contributed by atoms with Gasteiger partial charge in [-0.2, -0.15) is 0 Å². The number of aromatic nitrogens is 3. The van der Waals surface area contributed by atoms with Crippen molar-refractivity contribution in [3.8, 4) is 0 Å². The third-order valence-electron chi connectivity index (χ3n) is 4.38. The summed E-state index contributed by atoms with van der Waals surface area (Å²) in [7, 11) is -4.02. The largest absolute Gasteiger partial charge is 0.297 e. The van der Waals surface area contributed by atoms with Crippen molar-refractivity contribution in [2.75, 3.05) is 4.72 Å². The summed E-state index contributed by atoms with van der Waals surface area (Å²) in [5.74, 6) is 0.571. The van der Waals surface area contributed by atoms with E-state index in [0.717, 1.165) is 43.5 Å². The minimum absolute atomic E-state index is 0.158. The van der Waals surface area contributed by atoms with E-state index in [1.807, 2.05) is 0 Å². The molecule has 2 heterocycles. The predicted molar refractivity (Wildman–Crippen MR) is 82.1 cm³/mol. The fourth-order valence-corrected chi connectivity index (χ4v) is 4.03.